The summed E-state index contributed by atoms with van der Waals surface area (Å²) in [6, 6.07) is 11.9. The van der Waals surface area contributed by atoms with Crippen molar-refractivity contribution in [3.8, 4) is 5.75 Å². The molecule has 0 N–H and O–H groups in total. The van der Waals surface area contributed by atoms with E-state index in [1.54, 1.807) is 24.3 Å². The zero-order chi connectivity index (χ0) is 19.4. The lowest BCUT2D eigenvalue weighted by molar-refractivity contribution is 0.101. The van der Waals surface area contributed by atoms with Gasteiger partial charge in [0.1, 0.15) is 11.6 Å². The van der Waals surface area contributed by atoms with E-state index in [4.69, 9.17) is 4.74 Å². The number of ether oxygens (including phenoxy) is 1. The van der Waals surface area contributed by atoms with E-state index in [1.807, 2.05) is 0 Å². The largest absolute Gasteiger partial charge is 0.493 e. The molecule has 0 amide bonds. The van der Waals surface area contributed by atoms with Gasteiger partial charge in [-0.2, -0.15) is 4.31 Å². The molecule has 27 heavy (non-hydrogen) atoms. The molecule has 1 aliphatic rings. The topological polar surface area (TPSA) is 63.7 Å². The molecule has 2 aromatic carbocycles. The highest BCUT2D eigenvalue weighted by Gasteiger charge is 2.29. The summed E-state index contributed by atoms with van der Waals surface area (Å²) in [5, 5.41) is 0. The first kappa shape index (κ1) is 19.5. The molecular formula is C20H22FNO4S. The third-order valence-corrected chi connectivity index (χ3v) is 6.68. The molecule has 0 atom stereocenters. The SMILES string of the molecule is CC(=O)c1ccc(S(=O)(=O)N2CCC(COc3ccc(F)cc3)CC2)cc1. The molecule has 2 aromatic rings. The molecule has 1 saturated heterocycles. The molecule has 0 aliphatic carbocycles. The van der Waals surface area contributed by atoms with Crippen LogP contribution in [-0.2, 0) is 10.0 Å². The molecule has 7 heteroatoms. The van der Waals surface area contributed by atoms with E-state index < -0.39 is 10.0 Å². The lowest BCUT2D eigenvalue weighted by atomic mass is 9.99. The lowest BCUT2D eigenvalue weighted by Crippen LogP contribution is -2.39. The third kappa shape index (κ3) is 4.73. The maximum absolute atomic E-state index is 12.9. The number of benzene rings is 2. The maximum Gasteiger partial charge on any atom is 0.243 e. The van der Waals surface area contributed by atoms with Crippen LogP contribution in [-0.4, -0.2) is 38.2 Å². The van der Waals surface area contributed by atoms with Crippen LogP contribution in [0.4, 0.5) is 4.39 Å². The second-order valence-corrected chi connectivity index (χ2v) is 8.63. The van der Waals surface area contributed by atoms with Crippen molar-refractivity contribution in [2.45, 2.75) is 24.7 Å². The number of ketones is 1. The van der Waals surface area contributed by atoms with E-state index in [0.29, 0.717) is 43.9 Å². The summed E-state index contributed by atoms with van der Waals surface area (Å²) < 4.78 is 45.6. The number of hydrogen-bond acceptors (Lipinski definition) is 4. The van der Waals surface area contributed by atoms with Gasteiger partial charge in [0.25, 0.3) is 0 Å². The van der Waals surface area contributed by atoms with Gasteiger partial charge in [-0.1, -0.05) is 12.1 Å². The van der Waals surface area contributed by atoms with Gasteiger partial charge in [0.2, 0.25) is 10.0 Å². The summed E-state index contributed by atoms with van der Waals surface area (Å²) in [5.41, 5.74) is 0.491. The van der Waals surface area contributed by atoms with Crippen LogP contribution in [0, 0.1) is 11.7 Å². The Labute approximate surface area is 158 Å². The van der Waals surface area contributed by atoms with Crippen molar-refractivity contribution in [1.82, 2.24) is 4.31 Å². The third-order valence-electron chi connectivity index (χ3n) is 4.77. The second kappa shape index (κ2) is 8.19. The van der Waals surface area contributed by atoms with Crippen molar-refractivity contribution in [2.75, 3.05) is 19.7 Å². The molecule has 5 nitrogen and oxygen atoms in total. The Morgan fingerprint density at radius 2 is 1.67 bits per heavy atom. The van der Waals surface area contributed by atoms with E-state index in [1.165, 1.54) is 35.5 Å². The van der Waals surface area contributed by atoms with Crippen molar-refractivity contribution >= 4 is 15.8 Å². The Bertz CT molecular complexity index is 887. The number of halogens is 1. The normalized spacial score (nSPS) is 16.2. The van der Waals surface area contributed by atoms with Gasteiger partial charge in [-0.25, -0.2) is 12.8 Å². The van der Waals surface area contributed by atoms with Crippen LogP contribution in [0.3, 0.4) is 0 Å². The first-order valence-corrected chi connectivity index (χ1v) is 10.3. The molecule has 0 saturated carbocycles. The zero-order valence-corrected chi connectivity index (χ0v) is 15.9. The highest BCUT2D eigenvalue weighted by atomic mass is 32.2. The number of sulfonamides is 1. The summed E-state index contributed by atoms with van der Waals surface area (Å²) in [4.78, 5) is 11.5. The quantitative estimate of drug-likeness (QED) is 0.707. The Kier molecular flexibility index (Phi) is 5.92. The predicted molar refractivity (Wildman–Crippen MR) is 99.8 cm³/mol. The van der Waals surface area contributed by atoms with Crippen molar-refractivity contribution in [3.05, 3.63) is 59.9 Å². The minimum Gasteiger partial charge on any atom is -0.493 e. The number of hydrogen-bond donors (Lipinski definition) is 0. The Balaban J connectivity index is 1.56. The van der Waals surface area contributed by atoms with Crippen molar-refractivity contribution in [1.29, 1.82) is 0 Å². The second-order valence-electron chi connectivity index (χ2n) is 6.69. The molecule has 3 rings (SSSR count). The van der Waals surface area contributed by atoms with E-state index in [0.717, 1.165) is 0 Å². The van der Waals surface area contributed by atoms with Crippen LogP contribution in [0.5, 0.6) is 5.75 Å². The molecule has 1 aliphatic heterocycles. The van der Waals surface area contributed by atoms with Gasteiger partial charge >= 0.3 is 0 Å². The summed E-state index contributed by atoms with van der Waals surface area (Å²) in [7, 11) is -3.56. The first-order chi connectivity index (χ1) is 12.9. The van der Waals surface area contributed by atoms with Crippen LogP contribution in [0.1, 0.15) is 30.1 Å². The molecule has 0 aromatic heterocycles. The van der Waals surface area contributed by atoms with Gasteiger partial charge in [0.15, 0.2) is 5.78 Å². The minimum absolute atomic E-state index is 0.0964. The maximum atomic E-state index is 12.9. The van der Waals surface area contributed by atoms with Gasteiger partial charge in [0.05, 0.1) is 11.5 Å². The van der Waals surface area contributed by atoms with E-state index in [-0.39, 0.29) is 22.4 Å². The van der Waals surface area contributed by atoms with Crippen LogP contribution in [0.25, 0.3) is 0 Å². The number of piperidine rings is 1. The molecule has 0 bridgehead atoms. The predicted octanol–water partition coefficient (Wildman–Crippen LogP) is 3.51. The summed E-state index contributed by atoms with van der Waals surface area (Å²) in [6.07, 6.45) is 1.40. The molecule has 0 spiro atoms. The number of carbonyl (C=O) groups is 1. The monoisotopic (exact) mass is 391 g/mol. The van der Waals surface area contributed by atoms with Crippen molar-refractivity contribution in [2.24, 2.45) is 5.92 Å². The fourth-order valence-electron chi connectivity index (χ4n) is 3.07. The standard InChI is InChI=1S/C20H22FNO4S/c1-15(23)17-2-8-20(9-3-17)27(24,25)22-12-10-16(11-13-22)14-26-19-6-4-18(21)5-7-19/h2-9,16H,10-14H2,1H3. The summed E-state index contributed by atoms with van der Waals surface area (Å²) in [5.74, 6) is 0.455. The average molecular weight is 391 g/mol. The number of Topliss-reactive ketones (excluding diaryl/α,β-unsaturated/α-hetero) is 1. The van der Waals surface area contributed by atoms with E-state index in [9.17, 15) is 17.6 Å². The van der Waals surface area contributed by atoms with Gasteiger partial charge in [0, 0.05) is 18.7 Å². The Hall–Kier alpha value is -2.25. The van der Waals surface area contributed by atoms with Gasteiger partial charge in [-0.15, -0.1) is 0 Å². The Morgan fingerprint density at radius 3 is 2.22 bits per heavy atom. The lowest BCUT2D eigenvalue weighted by Gasteiger charge is -2.31. The van der Waals surface area contributed by atoms with Crippen LogP contribution < -0.4 is 4.74 Å². The molecule has 144 valence electrons. The van der Waals surface area contributed by atoms with E-state index in [2.05, 4.69) is 0 Å². The highest BCUT2D eigenvalue weighted by molar-refractivity contribution is 7.89. The van der Waals surface area contributed by atoms with Gasteiger partial charge < -0.3 is 4.74 Å². The van der Waals surface area contributed by atoms with Gasteiger partial charge in [-0.05, 0) is 62.1 Å². The molecule has 1 fully saturated rings. The summed E-state index contributed by atoms with van der Waals surface area (Å²) >= 11 is 0. The zero-order valence-electron chi connectivity index (χ0n) is 15.1. The number of rotatable bonds is 6. The smallest absolute Gasteiger partial charge is 0.243 e. The van der Waals surface area contributed by atoms with Crippen LogP contribution in [0.15, 0.2) is 53.4 Å². The van der Waals surface area contributed by atoms with Gasteiger partial charge in [-0.3, -0.25) is 4.79 Å². The molecule has 1 heterocycles. The van der Waals surface area contributed by atoms with E-state index >= 15 is 0 Å². The first-order valence-electron chi connectivity index (χ1n) is 8.86. The highest BCUT2D eigenvalue weighted by Crippen LogP contribution is 2.25. The Morgan fingerprint density at radius 1 is 1.07 bits per heavy atom. The fraction of sp³-hybridized carbons (Fsp3) is 0.350. The average Bonchev–Trinajstić information content (AvgIpc) is 2.68. The molecular weight excluding hydrogens is 369 g/mol. The van der Waals surface area contributed by atoms with Crippen molar-refractivity contribution in [3.63, 3.8) is 0 Å². The fourth-order valence-corrected chi connectivity index (χ4v) is 4.54. The number of carbonyl (C=O) groups excluding carboxylic acids is 1. The molecule has 0 unspecified atom stereocenters. The summed E-state index contributed by atoms with van der Waals surface area (Å²) in [6.45, 7) is 2.78. The molecule has 0 radical (unpaired) electrons. The van der Waals surface area contributed by atoms with Crippen LogP contribution in [0.2, 0.25) is 0 Å². The van der Waals surface area contributed by atoms with Crippen LogP contribution >= 0.6 is 0 Å². The minimum atomic E-state index is -3.56. The van der Waals surface area contributed by atoms with Crippen molar-refractivity contribution < 1.29 is 22.3 Å². The number of nitrogens with zero attached hydrogens (tertiary/aromatic N) is 1.